The van der Waals surface area contributed by atoms with Crippen LogP contribution in [0.4, 0.5) is 10.1 Å². The van der Waals surface area contributed by atoms with E-state index in [-0.39, 0.29) is 24.2 Å². The van der Waals surface area contributed by atoms with Gasteiger partial charge in [-0.05, 0) is 55.3 Å². The summed E-state index contributed by atoms with van der Waals surface area (Å²) in [7, 11) is 1.58. The molecule has 0 atom stereocenters. The number of rotatable bonds is 8. The second kappa shape index (κ2) is 9.56. The Kier molecular flexibility index (Phi) is 7.14. The lowest BCUT2D eigenvalue weighted by Gasteiger charge is -2.17. The average molecular weight is 358 g/mol. The van der Waals surface area contributed by atoms with Crippen molar-refractivity contribution >= 4 is 17.5 Å². The van der Waals surface area contributed by atoms with Gasteiger partial charge in [-0.25, -0.2) is 4.39 Å². The van der Waals surface area contributed by atoms with Crippen molar-refractivity contribution in [3.63, 3.8) is 0 Å². The van der Waals surface area contributed by atoms with Gasteiger partial charge in [-0.3, -0.25) is 9.59 Å². The summed E-state index contributed by atoms with van der Waals surface area (Å²) >= 11 is 0. The van der Waals surface area contributed by atoms with E-state index in [2.05, 4.69) is 5.32 Å². The smallest absolute Gasteiger partial charge is 0.243 e. The molecule has 0 aliphatic carbocycles. The highest BCUT2D eigenvalue weighted by molar-refractivity contribution is 5.94. The summed E-state index contributed by atoms with van der Waals surface area (Å²) in [6, 6.07) is 13.2. The van der Waals surface area contributed by atoms with Crippen LogP contribution < -0.4 is 10.1 Å². The highest BCUT2D eigenvalue weighted by Crippen LogP contribution is 2.13. The van der Waals surface area contributed by atoms with Crippen LogP contribution in [0.25, 0.3) is 0 Å². The van der Waals surface area contributed by atoms with Crippen molar-refractivity contribution in [3.8, 4) is 5.75 Å². The fourth-order valence-electron chi connectivity index (χ4n) is 2.35. The van der Waals surface area contributed by atoms with Crippen LogP contribution in [0, 0.1) is 12.7 Å². The Morgan fingerprint density at radius 1 is 1.15 bits per heavy atom. The molecule has 6 heteroatoms. The predicted octanol–water partition coefficient (Wildman–Crippen LogP) is 3.39. The Hall–Kier alpha value is -2.89. The molecule has 0 saturated heterocycles. The van der Waals surface area contributed by atoms with E-state index in [0.717, 1.165) is 11.3 Å². The molecule has 0 aliphatic heterocycles. The first-order valence-electron chi connectivity index (χ1n) is 8.43. The molecule has 0 saturated carbocycles. The molecule has 0 fully saturated rings. The van der Waals surface area contributed by atoms with Gasteiger partial charge in [0.25, 0.3) is 0 Å². The molecule has 138 valence electrons. The van der Waals surface area contributed by atoms with Crippen molar-refractivity contribution in [1.29, 1.82) is 0 Å². The summed E-state index contributed by atoms with van der Waals surface area (Å²) in [5.74, 6) is -0.0526. The number of hydrogen-bond acceptors (Lipinski definition) is 3. The maximum absolute atomic E-state index is 12.8. The summed E-state index contributed by atoms with van der Waals surface area (Å²) < 4.78 is 18.4. The van der Waals surface area contributed by atoms with Crippen molar-refractivity contribution in [2.45, 2.75) is 19.8 Å². The Labute approximate surface area is 152 Å². The molecule has 1 N–H and O–H groups in total. The second-order valence-electron chi connectivity index (χ2n) is 6.07. The lowest BCUT2D eigenvalue weighted by molar-refractivity contribution is -0.133. The summed E-state index contributed by atoms with van der Waals surface area (Å²) in [6.07, 6.45) is 0.864. The average Bonchev–Trinajstić information content (AvgIpc) is 2.60. The van der Waals surface area contributed by atoms with Crippen molar-refractivity contribution in [1.82, 2.24) is 4.90 Å². The van der Waals surface area contributed by atoms with Gasteiger partial charge in [-0.15, -0.1) is 0 Å². The fraction of sp³-hybridized carbons (Fsp3) is 0.300. The van der Waals surface area contributed by atoms with Crippen LogP contribution in [0.2, 0.25) is 0 Å². The number of nitrogens with one attached hydrogen (secondary N) is 1. The largest absolute Gasteiger partial charge is 0.494 e. The molecule has 5 nitrogen and oxygen atoms in total. The lowest BCUT2D eigenvalue weighted by atomic mass is 10.2. The zero-order chi connectivity index (χ0) is 18.9. The minimum Gasteiger partial charge on any atom is -0.494 e. The van der Waals surface area contributed by atoms with E-state index in [0.29, 0.717) is 25.1 Å². The molecule has 0 spiro atoms. The SMILES string of the molecule is Cc1cccc(OCCCC(=O)N(C)CC(=O)Nc2ccc(F)cc2)c1. The molecule has 26 heavy (non-hydrogen) atoms. The topological polar surface area (TPSA) is 58.6 Å². The zero-order valence-electron chi connectivity index (χ0n) is 15.0. The molecule has 0 aromatic heterocycles. The Morgan fingerprint density at radius 3 is 2.58 bits per heavy atom. The predicted molar refractivity (Wildman–Crippen MR) is 98.6 cm³/mol. The van der Waals surface area contributed by atoms with E-state index >= 15 is 0 Å². The molecule has 0 unspecified atom stereocenters. The molecule has 2 aromatic rings. The van der Waals surface area contributed by atoms with Crippen molar-refractivity contribution in [2.75, 3.05) is 25.5 Å². The summed E-state index contributed by atoms with van der Waals surface area (Å²) in [5, 5.41) is 2.62. The molecular weight excluding hydrogens is 335 g/mol. The molecule has 0 heterocycles. The van der Waals surface area contributed by atoms with Crippen LogP contribution in [0.15, 0.2) is 48.5 Å². The van der Waals surface area contributed by atoms with Gasteiger partial charge < -0.3 is 15.0 Å². The van der Waals surface area contributed by atoms with Gasteiger partial charge in [-0.2, -0.15) is 0 Å². The van der Waals surface area contributed by atoms with Crippen LogP contribution in [0.3, 0.4) is 0 Å². The monoisotopic (exact) mass is 358 g/mol. The van der Waals surface area contributed by atoms with Crippen LogP contribution in [-0.4, -0.2) is 36.9 Å². The fourth-order valence-corrected chi connectivity index (χ4v) is 2.35. The minimum absolute atomic E-state index is 0.0606. The van der Waals surface area contributed by atoms with E-state index in [1.54, 1.807) is 7.05 Å². The number of carbonyl (C=O) groups is 2. The number of nitrogens with zero attached hydrogens (tertiary/aromatic N) is 1. The highest BCUT2D eigenvalue weighted by Gasteiger charge is 2.13. The molecule has 0 radical (unpaired) electrons. The second-order valence-corrected chi connectivity index (χ2v) is 6.07. The standard InChI is InChI=1S/C20H23FN2O3/c1-15-5-3-6-18(13-15)26-12-4-7-20(25)23(2)14-19(24)22-17-10-8-16(21)9-11-17/h3,5-6,8-11,13H,4,7,12,14H2,1-2H3,(H,22,24). The van der Waals surface area contributed by atoms with Crippen LogP contribution >= 0.6 is 0 Å². The third-order valence-corrected chi connectivity index (χ3v) is 3.73. The third kappa shape index (κ3) is 6.55. The normalized spacial score (nSPS) is 10.3. The number of anilines is 1. The van der Waals surface area contributed by atoms with Gasteiger partial charge >= 0.3 is 0 Å². The van der Waals surface area contributed by atoms with E-state index in [1.165, 1.54) is 29.2 Å². The number of aryl methyl sites for hydroxylation is 1. The van der Waals surface area contributed by atoms with Gasteiger partial charge in [0.15, 0.2) is 0 Å². The first-order valence-corrected chi connectivity index (χ1v) is 8.43. The molecule has 2 amide bonds. The Morgan fingerprint density at radius 2 is 1.88 bits per heavy atom. The van der Waals surface area contributed by atoms with E-state index in [1.807, 2.05) is 31.2 Å². The number of ether oxygens (including phenoxy) is 1. The molecule has 0 bridgehead atoms. The van der Waals surface area contributed by atoms with E-state index in [9.17, 15) is 14.0 Å². The Balaban J connectivity index is 1.68. The Bertz CT molecular complexity index is 747. The van der Waals surface area contributed by atoms with Crippen LogP contribution in [-0.2, 0) is 9.59 Å². The lowest BCUT2D eigenvalue weighted by Crippen LogP contribution is -2.34. The van der Waals surface area contributed by atoms with Crippen molar-refractivity contribution in [2.24, 2.45) is 0 Å². The van der Waals surface area contributed by atoms with Crippen LogP contribution in [0.5, 0.6) is 5.75 Å². The molecule has 2 rings (SSSR count). The summed E-state index contributed by atoms with van der Waals surface area (Å²) in [4.78, 5) is 25.4. The zero-order valence-corrected chi connectivity index (χ0v) is 15.0. The number of carbonyl (C=O) groups excluding carboxylic acids is 2. The van der Waals surface area contributed by atoms with Crippen molar-refractivity contribution < 1.29 is 18.7 Å². The van der Waals surface area contributed by atoms with E-state index in [4.69, 9.17) is 4.74 Å². The summed E-state index contributed by atoms with van der Waals surface area (Å²) in [6.45, 7) is 2.36. The number of halogens is 1. The van der Waals surface area contributed by atoms with Gasteiger partial charge in [-0.1, -0.05) is 12.1 Å². The maximum Gasteiger partial charge on any atom is 0.243 e. The minimum atomic E-state index is -0.372. The van der Waals surface area contributed by atoms with Gasteiger partial charge in [0, 0.05) is 19.2 Å². The van der Waals surface area contributed by atoms with Gasteiger partial charge in [0.1, 0.15) is 11.6 Å². The first kappa shape index (κ1) is 19.4. The molecule has 2 aromatic carbocycles. The molecular formula is C20H23FN2O3. The number of benzene rings is 2. The number of likely N-dealkylation sites (N-methyl/N-ethyl adjacent to an activating group) is 1. The molecule has 0 aliphatic rings. The quantitative estimate of drug-likeness (QED) is 0.736. The summed E-state index contributed by atoms with van der Waals surface area (Å²) in [5.41, 5.74) is 1.61. The number of hydrogen-bond donors (Lipinski definition) is 1. The van der Waals surface area contributed by atoms with Crippen molar-refractivity contribution in [3.05, 3.63) is 59.9 Å². The first-order chi connectivity index (χ1) is 12.4. The maximum atomic E-state index is 12.8. The van der Waals surface area contributed by atoms with E-state index < -0.39 is 0 Å². The number of amides is 2. The van der Waals surface area contributed by atoms with Gasteiger partial charge in [0.05, 0.1) is 13.2 Å². The van der Waals surface area contributed by atoms with Gasteiger partial charge in [0.2, 0.25) is 11.8 Å². The highest BCUT2D eigenvalue weighted by atomic mass is 19.1. The van der Waals surface area contributed by atoms with Crippen LogP contribution in [0.1, 0.15) is 18.4 Å². The third-order valence-electron chi connectivity index (χ3n) is 3.73.